The molecule has 0 fully saturated rings. The third-order valence-corrected chi connectivity index (χ3v) is 4.18. The molecule has 27 heavy (non-hydrogen) atoms. The highest BCUT2D eigenvalue weighted by Crippen LogP contribution is 2.32. The zero-order chi connectivity index (χ0) is 19.2. The second-order valence-electron chi connectivity index (χ2n) is 5.28. The van der Waals surface area contributed by atoms with Gasteiger partial charge >= 0.3 is 5.97 Å². The summed E-state index contributed by atoms with van der Waals surface area (Å²) < 4.78 is 40.4. The molecule has 1 N–H and O–H groups in total. The number of amides is 1. The van der Waals surface area contributed by atoms with Crippen molar-refractivity contribution in [3.63, 3.8) is 0 Å². The number of nitrogens with zero attached hydrogens (tertiary/aromatic N) is 1. The summed E-state index contributed by atoms with van der Waals surface area (Å²) in [6.07, 6.45) is 1.29. The van der Waals surface area contributed by atoms with E-state index in [1.54, 1.807) is 18.2 Å². The summed E-state index contributed by atoms with van der Waals surface area (Å²) in [4.78, 5) is 27.6. The summed E-state index contributed by atoms with van der Waals surface area (Å²) in [7, 11) is 0. The predicted molar refractivity (Wildman–Crippen MR) is 90.8 cm³/mol. The molecule has 1 aromatic carbocycles. The Kier molecular flexibility index (Phi) is 6.07. The third kappa shape index (κ3) is 5.07. The molecule has 0 saturated carbocycles. The Bertz CT molecular complexity index is 850. The van der Waals surface area contributed by atoms with Gasteiger partial charge in [-0.25, -0.2) is 9.78 Å². The van der Waals surface area contributed by atoms with E-state index in [1.165, 1.54) is 18.3 Å². The molecule has 0 spiro atoms. The summed E-state index contributed by atoms with van der Waals surface area (Å²) in [5, 5.41) is 2.44. The highest BCUT2D eigenvalue weighted by Gasteiger charge is 2.19. The molecule has 142 valence electrons. The first-order valence-electron chi connectivity index (χ1n) is 7.75. The molecule has 7 nitrogen and oxygen atoms in total. The van der Waals surface area contributed by atoms with Gasteiger partial charge in [-0.15, -0.1) is 0 Å². The number of ether oxygens (including phenoxy) is 3. The Labute approximate surface area is 157 Å². The molecular formula is C17H14F2N2O5S. The molecule has 10 heteroatoms. The number of alkyl halides is 2. The number of aromatic nitrogens is 1. The van der Waals surface area contributed by atoms with Gasteiger partial charge < -0.3 is 19.5 Å². The van der Waals surface area contributed by atoms with Crippen LogP contribution in [0.4, 0.5) is 8.78 Å². The van der Waals surface area contributed by atoms with Gasteiger partial charge in [-0.2, -0.15) is 8.78 Å². The van der Waals surface area contributed by atoms with Gasteiger partial charge in [0.1, 0.15) is 5.03 Å². The van der Waals surface area contributed by atoms with Crippen LogP contribution in [-0.2, 0) is 16.1 Å². The van der Waals surface area contributed by atoms with Crippen LogP contribution in [0, 0.1) is 0 Å². The molecule has 0 bridgehead atoms. The molecule has 3 rings (SSSR count). The molecule has 0 atom stereocenters. The predicted octanol–water partition coefficient (Wildman–Crippen LogP) is 2.60. The highest BCUT2D eigenvalue weighted by atomic mass is 32.2. The second-order valence-corrected chi connectivity index (χ2v) is 6.25. The monoisotopic (exact) mass is 396 g/mol. The molecule has 2 aromatic rings. The lowest BCUT2D eigenvalue weighted by molar-refractivity contribution is -0.124. The summed E-state index contributed by atoms with van der Waals surface area (Å²) >= 11 is 0.137. The van der Waals surface area contributed by atoms with E-state index in [-0.39, 0.29) is 35.7 Å². The third-order valence-electron chi connectivity index (χ3n) is 3.45. The average molecular weight is 396 g/mol. The molecule has 1 aliphatic heterocycles. The van der Waals surface area contributed by atoms with Crippen LogP contribution in [-0.4, -0.2) is 36.0 Å². The molecular weight excluding hydrogens is 382 g/mol. The van der Waals surface area contributed by atoms with Crippen molar-refractivity contribution in [2.45, 2.75) is 17.3 Å². The van der Waals surface area contributed by atoms with E-state index in [0.29, 0.717) is 11.5 Å². The minimum absolute atomic E-state index is 0.119. The zero-order valence-corrected chi connectivity index (χ0v) is 14.6. The number of pyridine rings is 1. The van der Waals surface area contributed by atoms with Crippen molar-refractivity contribution in [2.24, 2.45) is 0 Å². The Morgan fingerprint density at radius 1 is 1.26 bits per heavy atom. The van der Waals surface area contributed by atoms with E-state index in [0.717, 1.165) is 5.56 Å². The van der Waals surface area contributed by atoms with Crippen molar-refractivity contribution in [3.05, 3.63) is 47.7 Å². The smallest absolute Gasteiger partial charge is 0.341 e. The molecule has 2 heterocycles. The standard InChI is InChI=1S/C17H14F2N2O5S/c18-17(19)27-15-11(2-1-5-20-15)16(23)24-8-14(22)21-7-10-3-4-12-13(6-10)26-9-25-12/h1-6,17H,7-9H2,(H,21,22). The van der Waals surface area contributed by atoms with Crippen molar-refractivity contribution in [3.8, 4) is 11.5 Å². The number of esters is 1. The number of halogens is 2. The number of carbonyl (C=O) groups excluding carboxylic acids is 2. The fourth-order valence-electron chi connectivity index (χ4n) is 2.24. The maximum atomic E-state index is 12.5. The van der Waals surface area contributed by atoms with Crippen LogP contribution in [0.3, 0.4) is 0 Å². The largest absolute Gasteiger partial charge is 0.454 e. The molecule has 1 amide bonds. The van der Waals surface area contributed by atoms with Crippen LogP contribution in [0.5, 0.6) is 11.5 Å². The minimum atomic E-state index is -2.73. The summed E-state index contributed by atoms with van der Waals surface area (Å²) in [5.74, 6) is -2.93. The first-order chi connectivity index (χ1) is 13.0. The van der Waals surface area contributed by atoms with E-state index < -0.39 is 24.2 Å². The normalized spacial score (nSPS) is 12.1. The number of thioether (sulfide) groups is 1. The SMILES string of the molecule is O=C(COC(=O)c1cccnc1SC(F)F)NCc1ccc2c(c1)OCO2. The number of nitrogens with one attached hydrogen (secondary N) is 1. The maximum Gasteiger partial charge on any atom is 0.341 e. The van der Waals surface area contributed by atoms with Gasteiger partial charge in [0.05, 0.1) is 5.56 Å². The van der Waals surface area contributed by atoms with Gasteiger partial charge in [0, 0.05) is 12.7 Å². The molecule has 0 radical (unpaired) electrons. The first-order valence-corrected chi connectivity index (χ1v) is 8.63. The highest BCUT2D eigenvalue weighted by molar-refractivity contribution is 7.99. The maximum absolute atomic E-state index is 12.5. The van der Waals surface area contributed by atoms with Crippen LogP contribution in [0.25, 0.3) is 0 Å². The van der Waals surface area contributed by atoms with Crippen molar-refractivity contribution >= 4 is 23.6 Å². The number of hydrogen-bond donors (Lipinski definition) is 1. The molecule has 0 unspecified atom stereocenters. The van der Waals surface area contributed by atoms with E-state index in [2.05, 4.69) is 10.3 Å². The Morgan fingerprint density at radius 3 is 2.89 bits per heavy atom. The van der Waals surface area contributed by atoms with Crippen molar-refractivity contribution in [1.29, 1.82) is 0 Å². The number of hydrogen-bond acceptors (Lipinski definition) is 7. The van der Waals surface area contributed by atoms with Crippen molar-refractivity contribution in [1.82, 2.24) is 10.3 Å². The zero-order valence-electron chi connectivity index (χ0n) is 13.8. The van der Waals surface area contributed by atoms with E-state index in [1.807, 2.05) is 0 Å². The second kappa shape index (κ2) is 8.67. The fraction of sp³-hybridized carbons (Fsp3) is 0.235. The molecule has 1 aromatic heterocycles. The lowest BCUT2D eigenvalue weighted by atomic mass is 10.2. The van der Waals surface area contributed by atoms with Gasteiger partial charge in [0.25, 0.3) is 11.7 Å². The van der Waals surface area contributed by atoms with Crippen LogP contribution < -0.4 is 14.8 Å². The Balaban J connectivity index is 1.50. The van der Waals surface area contributed by atoms with E-state index >= 15 is 0 Å². The summed E-state index contributed by atoms with van der Waals surface area (Å²) in [6, 6.07) is 7.96. The molecule has 0 aliphatic carbocycles. The van der Waals surface area contributed by atoms with Crippen LogP contribution >= 0.6 is 11.8 Å². The van der Waals surface area contributed by atoms with Crippen LogP contribution in [0.15, 0.2) is 41.6 Å². The first kappa shape index (κ1) is 18.9. The lowest BCUT2D eigenvalue weighted by Gasteiger charge is -2.09. The Morgan fingerprint density at radius 2 is 2.07 bits per heavy atom. The average Bonchev–Trinajstić information content (AvgIpc) is 3.12. The number of fused-ring (bicyclic) bond motifs is 1. The lowest BCUT2D eigenvalue weighted by Crippen LogP contribution is -2.28. The van der Waals surface area contributed by atoms with E-state index in [9.17, 15) is 18.4 Å². The summed E-state index contributed by atoms with van der Waals surface area (Å²) in [5.41, 5.74) is 0.660. The quantitative estimate of drug-likeness (QED) is 0.569. The van der Waals surface area contributed by atoms with Crippen molar-refractivity contribution < 1.29 is 32.6 Å². The van der Waals surface area contributed by atoms with Gasteiger partial charge in [-0.05, 0) is 41.6 Å². The van der Waals surface area contributed by atoms with Gasteiger partial charge in [-0.3, -0.25) is 4.79 Å². The number of carbonyl (C=O) groups is 2. The van der Waals surface area contributed by atoms with Crippen LogP contribution in [0.2, 0.25) is 0 Å². The van der Waals surface area contributed by atoms with Crippen LogP contribution in [0.1, 0.15) is 15.9 Å². The van der Waals surface area contributed by atoms with Gasteiger partial charge in [0.15, 0.2) is 18.1 Å². The molecule has 1 aliphatic rings. The summed E-state index contributed by atoms with van der Waals surface area (Å²) in [6.45, 7) is -0.190. The Hall–Kier alpha value is -2.88. The van der Waals surface area contributed by atoms with Crippen molar-refractivity contribution in [2.75, 3.05) is 13.4 Å². The van der Waals surface area contributed by atoms with E-state index in [4.69, 9.17) is 14.2 Å². The minimum Gasteiger partial charge on any atom is -0.454 e. The number of benzene rings is 1. The topological polar surface area (TPSA) is 86.8 Å². The van der Waals surface area contributed by atoms with Gasteiger partial charge in [-0.1, -0.05) is 6.07 Å². The number of rotatable bonds is 7. The van der Waals surface area contributed by atoms with Gasteiger partial charge in [0.2, 0.25) is 6.79 Å². The fourth-order valence-corrected chi connectivity index (χ4v) is 2.80. The molecule has 0 saturated heterocycles.